The lowest BCUT2D eigenvalue weighted by Gasteiger charge is -2.34. The molecule has 11 aromatic rings. The smallest absolute Gasteiger partial charge is 0.189 e. The predicted octanol–water partition coefficient (Wildman–Crippen LogP) is 11.5. The van der Waals surface area contributed by atoms with Gasteiger partial charge >= 0.3 is 0 Å². The zero-order valence-electron chi connectivity index (χ0n) is 32.2. The summed E-state index contributed by atoms with van der Waals surface area (Å²) in [6.07, 6.45) is 0. The van der Waals surface area contributed by atoms with Gasteiger partial charge in [-0.05, 0) is 74.8 Å². The van der Waals surface area contributed by atoms with Gasteiger partial charge in [0.15, 0.2) is 13.8 Å². The molecular weight excluding hydrogens is 731 g/mol. The van der Waals surface area contributed by atoms with Gasteiger partial charge in [0.2, 0.25) is 0 Å². The zero-order valence-corrected chi connectivity index (χ0v) is 33.2. The minimum atomic E-state index is -2.74. The highest BCUT2D eigenvalue weighted by atomic mass is 28.3. The van der Waals surface area contributed by atoms with E-state index in [1.54, 1.807) is 0 Å². The summed E-state index contributed by atoms with van der Waals surface area (Å²) >= 11 is 0. The average molecular weight is 768 g/mol. The molecule has 0 radical (unpaired) electrons. The van der Waals surface area contributed by atoms with Crippen LogP contribution in [0.1, 0.15) is 0 Å². The number of benzene rings is 9. The van der Waals surface area contributed by atoms with Crippen LogP contribution in [-0.2, 0) is 0 Å². The fraction of sp³-hybridized carbons (Fsp3) is 0. The van der Waals surface area contributed by atoms with Crippen LogP contribution in [0, 0.1) is 6.57 Å². The van der Waals surface area contributed by atoms with Crippen LogP contribution >= 0.6 is 0 Å². The van der Waals surface area contributed by atoms with E-state index in [2.05, 4.69) is 220 Å². The summed E-state index contributed by atoms with van der Waals surface area (Å²) in [6.45, 7) is 7.75. The minimum Gasteiger partial charge on any atom is -0.310 e. The third-order valence-corrected chi connectivity index (χ3v) is 16.8. The second-order valence-electron chi connectivity index (χ2n) is 15.2. The van der Waals surface area contributed by atoms with Crippen molar-refractivity contribution in [1.82, 2.24) is 9.13 Å². The molecular formula is C55H37N3Si. The van der Waals surface area contributed by atoms with Gasteiger partial charge in [-0.1, -0.05) is 176 Å². The summed E-state index contributed by atoms with van der Waals surface area (Å²) < 4.78 is 4.78. The molecule has 0 saturated carbocycles. The van der Waals surface area contributed by atoms with Gasteiger partial charge in [-0.3, -0.25) is 0 Å². The van der Waals surface area contributed by atoms with Crippen LogP contribution in [0.3, 0.4) is 0 Å². The first kappa shape index (κ1) is 34.5. The van der Waals surface area contributed by atoms with Gasteiger partial charge in [-0.2, -0.15) is 0 Å². The Kier molecular flexibility index (Phi) is 8.21. The lowest BCUT2D eigenvalue weighted by Crippen LogP contribution is -2.74. The molecule has 0 atom stereocenters. The van der Waals surface area contributed by atoms with E-state index in [1.807, 2.05) is 18.2 Å². The van der Waals surface area contributed by atoms with Crippen molar-refractivity contribution in [3.63, 3.8) is 0 Å². The van der Waals surface area contributed by atoms with Crippen LogP contribution in [0.2, 0.25) is 0 Å². The summed E-state index contributed by atoms with van der Waals surface area (Å²) in [6, 6.07) is 81.6. The van der Waals surface area contributed by atoms with Crippen molar-refractivity contribution < 1.29 is 0 Å². The molecule has 0 N–H and O–H groups in total. The minimum absolute atomic E-state index is 0.625. The molecule has 0 bridgehead atoms. The Morgan fingerprint density at radius 2 is 0.847 bits per heavy atom. The molecule has 11 rings (SSSR count). The van der Waals surface area contributed by atoms with E-state index in [1.165, 1.54) is 47.8 Å². The number of fused-ring (bicyclic) bond motifs is 6. The van der Waals surface area contributed by atoms with Crippen LogP contribution in [0.5, 0.6) is 0 Å². The van der Waals surface area contributed by atoms with Gasteiger partial charge < -0.3 is 9.13 Å². The molecule has 0 aliphatic rings. The number of para-hydroxylation sites is 3. The molecule has 2 heterocycles. The number of aromatic nitrogens is 2. The normalized spacial score (nSPS) is 11.7. The fourth-order valence-electron chi connectivity index (χ4n) is 9.58. The summed E-state index contributed by atoms with van der Waals surface area (Å²) in [4.78, 5) is 3.77. The first-order valence-corrected chi connectivity index (χ1v) is 22.1. The van der Waals surface area contributed by atoms with Gasteiger partial charge in [0.1, 0.15) is 0 Å². The third-order valence-electron chi connectivity index (χ3n) is 12.1. The second-order valence-corrected chi connectivity index (χ2v) is 19.0. The molecule has 276 valence electrons. The highest BCUT2D eigenvalue weighted by molar-refractivity contribution is 7.19. The van der Waals surface area contributed by atoms with Crippen molar-refractivity contribution in [2.45, 2.75) is 0 Å². The number of hydrogen-bond donors (Lipinski definition) is 0. The number of nitrogens with zero attached hydrogens (tertiary/aromatic N) is 3. The van der Waals surface area contributed by atoms with Gasteiger partial charge in [0, 0.05) is 38.5 Å². The van der Waals surface area contributed by atoms with E-state index in [0.717, 1.165) is 39.1 Å². The average Bonchev–Trinajstić information content (AvgIpc) is 3.83. The first-order chi connectivity index (χ1) is 29.2. The molecule has 2 aromatic heterocycles. The van der Waals surface area contributed by atoms with Crippen molar-refractivity contribution in [2.75, 3.05) is 0 Å². The van der Waals surface area contributed by atoms with Gasteiger partial charge in [-0.25, -0.2) is 4.85 Å². The summed E-state index contributed by atoms with van der Waals surface area (Å²) in [5, 5.41) is 10.2. The molecule has 0 aliphatic carbocycles. The Morgan fingerprint density at radius 3 is 1.49 bits per heavy atom. The van der Waals surface area contributed by atoms with E-state index >= 15 is 0 Å². The molecule has 0 saturated heterocycles. The van der Waals surface area contributed by atoms with Crippen LogP contribution in [-0.4, -0.2) is 17.2 Å². The maximum absolute atomic E-state index is 7.75. The Morgan fingerprint density at radius 1 is 0.356 bits per heavy atom. The number of rotatable bonds is 7. The Bertz CT molecular complexity index is 3300. The van der Waals surface area contributed by atoms with Crippen molar-refractivity contribution in [3.8, 4) is 22.5 Å². The lowest BCUT2D eigenvalue weighted by atomic mass is 10.00. The van der Waals surface area contributed by atoms with E-state index in [9.17, 15) is 0 Å². The summed E-state index contributed by atoms with van der Waals surface area (Å²) in [5.41, 5.74) is 9.64. The van der Waals surface area contributed by atoms with Crippen molar-refractivity contribution in [2.24, 2.45) is 0 Å². The molecule has 0 unspecified atom stereocenters. The van der Waals surface area contributed by atoms with Crippen LogP contribution in [0.4, 0.5) is 5.69 Å². The fourth-order valence-corrected chi connectivity index (χ4v) is 14.4. The van der Waals surface area contributed by atoms with E-state index < -0.39 is 8.07 Å². The number of hydrogen-bond acceptors (Lipinski definition) is 0. The van der Waals surface area contributed by atoms with E-state index in [0.29, 0.717) is 5.69 Å². The Labute approximate surface area is 344 Å². The van der Waals surface area contributed by atoms with E-state index in [4.69, 9.17) is 6.57 Å². The third kappa shape index (κ3) is 5.40. The molecule has 4 heteroatoms. The molecule has 0 spiro atoms. The molecule has 9 aromatic carbocycles. The van der Waals surface area contributed by atoms with Crippen molar-refractivity contribution >= 4 is 78.1 Å². The molecule has 59 heavy (non-hydrogen) atoms. The zero-order chi connectivity index (χ0) is 39.3. The van der Waals surface area contributed by atoms with Crippen LogP contribution in [0.25, 0.3) is 71.0 Å². The standard InChI is InChI=1S/C55H37N3Si/c1-56-40-18-15-19-41(37-40)58-53-33-14-11-28-48(53)50-31-17-30-47(55(50)58)39-34-35-54-51(36-39)49-29-12-13-32-52(49)57(54)42-20-16-27-46(38-42)59(43-21-5-2-6-22-43,44-23-7-3-8-24-44)45-25-9-4-10-26-45/h2-38H. The van der Waals surface area contributed by atoms with Gasteiger partial charge in [0.25, 0.3) is 0 Å². The molecule has 0 fully saturated rings. The van der Waals surface area contributed by atoms with Gasteiger partial charge in [-0.15, -0.1) is 0 Å². The second kappa shape index (κ2) is 14.0. The monoisotopic (exact) mass is 767 g/mol. The maximum Gasteiger partial charge on any atom is 0.189 e. The molecule has 0 amide bonds. The topological polar surface area (TPSA) is 14.2 Å². The Balaban J connectivity index is 1.15. The van der Waals surface area contributed by atoms with E-state index in [-0.39, 0.29) is 0 Å². The summed E-state index contributed by atoms with van der Waals surface area (Å²) in [7, 11) is -2.74. The van der Waals surface area contributed by atoms with Crippen LogP contribution in [0.15, 0.2) is 224 Å². The SMILES string of the molecule is [C-]#[N+]c1cccc(-n2c3ccccc3c3cccc(-c4ccc5c(c4)c4ccccc4n5-c4cccc([Si](c5ccccc5)(c5ccccc5)c5ccccc5)c4)c32)c1. The highest BCUT2D eigenvalue weighted by Crippen LogP contribution is 2.41. The predicted molar refractivity (Wildman–Crippen MR) is 250 cm³/mol. The largest absolute Gasteiger partial charge is 0.310 e. The Hall–Kier alpha value is -7.71. The first-order valence-electron chi connectivity index (χ1n) is 20.1. The highest BCUT2D eigenvalue weighted by Gasteiger charge is 2.41. The molecule has 0 aliphatic heterocycles. The molecule has 3 nitrogen and oxygen atoms in total. The summed E-state index contributed by atoms with van der Waals surface area (Å²) in [5.74, 6) is 0. The van der Waals surface area contributed by atoms with Gasteiger partial charge in [0.05, 0.1) is 28.6 Å². The lowest BCUT2D eigenvalue weighted by molar-refractivity contribution is 1.18. The van der Waals surface area contributed by atoms with Crippen molar-refractivity contribution in [3.05, 3.63) is 236 Å². The van der Waals surface area contributed by atoms with Crippen LogP contribution < -0.4 is 20.7 Å². The maximum atomic E-state index is 7.75. The van der Waals surface area contributed by atoms with Crippen molar-refractivity contribution in [1.29, 1.82) is 0 Å². The quantitative estimate of drug-likeness (QED) is 0.0871.